The minimum atomic E-state index is -1.02. The first-order chi connectivity index (χ1) is 26.8. The minimum Gasteiger partial charge on any atom is -0.310 e. The van der Waals surface area contributed by atoms with E-state index in [1.807, 2.05) is 12.4 Å². The smallest absolute Gasteiger partial charge is 0.146 e. The molecule has 11 rings (SSSR count). The molecular formula is C48H32N4P2. The highest BCUT2D eigenvalue weighted by Gasteiger charge is 2.25. The van der Waals surface area contributed by atoms with Crippen molar-refractivity contribution in [2.24, 2.45) is 0 Å². The molecule has 0 spiro atoms. The number of hydrogen-bond donors (Lipinski definition) is 0. The molecule has 0 aliphatic carbocycles. The second-order valence-electron chi connectivity index (χ2n) is 13.5. The summed E-state index contributed by atoms with van der Waals surface area (Å²) in [5.41, 5.74) is 6.71. The van der Waals surface area contributed by atoms with Crippen LogP contribution in [0.3, 0.4) is 0 Å². The lowest BCUT2D eigenvalue weighted by atomic mass is 10.1. The fourth-order valence-electron chi connectivity index (χ4n) is 8.26. The van der Waals surface area contributed by atoms with E-state index in [9.17, 15) is 0 Å². The molecule has 0 aliphatic rings. The molecule has 6 heteroatoms. The normalized spacial score (nSPS) is 12.5. The molecule has 0 aliphatic heterocycles. The van der Waals surface area contributed by atoms with Gasteiger partial charge in [0.1, 0.15) is 5.65 Å². The molecule has 4 heterocycles. The van der Waals surface area contributed by atoms with Crippen LogP contribution < -0.4 is 26.5 Å². The summed E-state index contributed by atoms with van der Waals surface area (Å²) >= 11 is 0. The van der Waals surface area contributed by atoms with Crippen molar-refractivity contribution in [3.05, 3.63) is 194 Å². The van der Waals surface area contributed by atoms with Crippen molar-refractivity contribution in [2.75, 3.05) is 0 Å². The van der Waals surface area contributed by atoms with Crippen molar-refractivity contribution in [3.8, 4) is 0 Å². The molecular weight excluding hydrogens is 695 g/mol. The molecule has 1 atom stereocenters. The fourth-order valence-corrected chi connectivity index (χ4v) is 13.2. The van der Waals surface area contributed by atoms with E-state index < -0.39 is 16.0 Å². The van der Waals surface area contributed by atoms with Crippen molar-refractivity contribution >= 4 is 103 Å². The van der Waals surface area contributed by atoms with E-state index in [0.29, 0.717) is 0 Å². The van der Waals surface area contributed by atoms with Crippen molar-refractivity contribution in [2.45, 2.75) is 0 Å². The molecule has 0 amide bonds. The molecule has 0 radical (unpaired) electrons. The van der Waals surface area contributed by atoms with Crippen LogP contribution in [0.15, 0.2) is 194 Å². The van der Waals surface area contributed by atoms with E-state index in [1.165, 1.54) is 64.5 Å². The Morgan fingerprint density at radius 1 is 0.407 bits per heavy atom. The summed E-state index contributed by atoms with van der Waals surface area (Å²) < 4.78 is 4.93. The average Bonchev–Trinajstić information content (AvgIpc) is 3.79. The molecule has 4 nitrogen and oxygen atoms in total. The van der Waals surface area contributed by atoms with Crippen LogP contribution in [0.5, 0.6) is 0 Å². The van der Waals surface area contributed by atoms with Gasteiger partial charge in [-0.25, -0.2) is 4.98 Å². The van der Waals surface area contributed by atoms with E-state index >= 15 is 0 Å². The maximum Gasteiger partial charge on any atom is 0.146 e. The number of pyridine rings is 2. The van der Waals surface area contributed by atoms with Crippen LogP contribution in [-0.4, -0.2) is 18.7 Å². The highest BCUT2D eigenvalue weighted by atomic mass is 31.1. The van der Waals surface area contributed by atoms with Crippen molar-refractivity contribution in [1.29, 1.82) is 0 Å². The van der Waals surface area contributed by atoms with Crippen LogP contribution in [0.2, 0.25) is 0 Å². The van der Waals surface area contributed by atoms with Gasteiger partial charge in [0.25, 0.3) is 0 Å². The third-order valence-electron chi connectivity index (χ3n) is 10.5. The molecule has 7 aromatic carbocycles. The highest BCUT2D eigenvalue weighted by molar-refractivity contribution is 7.80. The van der Waals surface area contributed by atoms with Gasteiger partial charge in [0.2, 0.25) is 0 Å². The topological polar surface area (TPSA) is 35.1 Å². The Labute approximate surface area is 314 Å². The van der Waals surface area contributed by atoms with Gasteiger partial charge in [-0.3, -0.25) is 9.38 Å². The summed E-state index contributed by atoms with van der Waals surface area (Å²) in [5, 5.41) is 12.7. The second-order valence-corrected chi connectivity index (χ2v) is 17.8. The third-order valence-corrected chi connectivity index (χ3v) is 15.4. The summed E-state index contributed by atoms with van der Waals surface area (Å²) in [6, 6.07) is 66.5. The van der Waals surface area contributed by atoms with Crippen LogP contribution in [-0.2, 0) is 0 Å². The average molecular weight is 727 g/mol. The maximum atomic E-state index is 5.54. The first-order valence-corrected chi connectivity index (χ1v) is 20.8. The second kappa shape index (κ2) is 12.7. The monoisotopic (exact) mass is 726 g/mol. The maximum absolute atomic E-state index is 5.54. The number of aromatic nitrogens is 4. The van der Waals surface area contributed by atoms with Crippen molar-refractivity contribution in [1.82, 2.24) is 18.7 Å². The highest BCUT2D eigenvalue weighted by Crippen LogP contribution is 2.45. The lowest BCUT2D eigenvalue weighted by Crippen LogP contribution is -2.21. The Bertz CT molecular complexity index is 3080. The van der Waals surface area contributed by atoms with Gasteiger partial charge in [-0.1, -0.05) is 140 Å². The first-order valence-electron chi connectivity index (χ1n) is 18.2. The predicted octanol–water partition coefficient (Wildman–Crippen LogP) is 9.95. The number of benzene rings is 7. The largest absolute Gasteiger partial charge is 0.310 e. The standard InChI is InChI=1S/C48H32N4P2/c1-3-14-33(15-4-1)53(34-16-5-2-6-17-34)46-25-13-21-40-47(46)39-20-9-10-22-42(39)51-45-27-26-36(32-41(45)50-48(40)51)54(35-28-30-49-31-29-35)52-43-23-11-7-18-37(43)38-19-8-12-24-44(38)52/h1-32H. The van der Waals surface area contributed by atoms with Crippen molar-refractivity contribution in [3.63, 3.8) is 0 Å². The van der Waals surface area contributed by atoms with Gasteiger partial charge in [0, 0.05) is 49.9 Å². The molecule has 0 saturated carbocycles. The molecule has 0 bridgehead atoms. The zero-order chi connectivity index (χ0) is 35.6. The van der Waals surface area contributed by atoms with E-state index in [0.717, 1.165) is 22.2 Å². The van der Waals surface area contributed by atoms with Gasteiger partial charge < -0.3 is 4.34 Å². The van der Waals surface area contributed by atoms with Crippen LogP contribution in [0.1, 0.15) is 0 Å². The predicted molar refractivity (Wildman–Crippen MR) is 232 cm³/mol. The van der Waals surface area contributed by atoms with Crippen LogP contribution in [0.25, 0.3) is 60.2 Å². The number of hydrogen-bond acceptors (Lipinski definition) is 2. The number of imidazole rings is 1. The first kappa shape index (κ1) is 31.4. The zero-order valence-corrected chi connectivity index (χ0v) is 30.9. The Morgan fingerprint density at radius 3 is 1.65 bits per heavy atom. The third kappa shape index (κ3) is 4.85. The lowest BCUT2D eigenvalue weighted by Gasteiger charge is -2.22. The van der Waals surface area contributed by atoms with Gasteiger partial charge in [-0.15, -0.1) is 0 Å². The van der Waals surface area contributed by atoms with E-state index in [-0.39, 0.29) is 0 Å². The van der Waals surface area contributed by atoms with Gasteiger partial charge in [0.15, 0.2) is 0 Å². The minimum absolute atomic E-state index is 0.831. The quantitative estimate of drug-likeness (QED) is 0.126. The number of para-hydroxylation sites is 3. The van der Waals surface area contributed by atoms with E-state index in [2.05, 4.69) is 196 Å². The lowest BCUT2D eigenvalue weighted by molar-refractivity contribution is 1.32. The molecule has 11 aromatic rings. The van der Waals surface area contributed by atoms with Crippen LogP contribution in [0.4, 0.5) is 0 Å². The Morgan fingerprint density at radius 2 is 0.981 bits per heavy atom. The number of nitrogens with zero attached hydrogens (tertiary/aromatic N) is 4. The molecule has 4 aromatic heterocycles. The Kier molecular flexibility index (Phi) is 7.40. The Balaban J connectivity index is 1.19. The van der Waals surface area contributed by atoms with Gasteiger partial charge in [0.05, 0.1) is 35.7 Å². The molecule has 0 fully saturated rings. The van der Waals surface area contributed by atoms with Gasteiger partial charge >= 0.3 is 0 Å². The number of fused-ring (bicyclic) bond motifs is 11. The fraction of sp³-hybridized carbons (Fsp3) is 0. The van der Waals surface area contributed by atoms with Crippen LogP contribution in [0, 0.1) is 0 Å². The van der Waals surface area contributed by atoms with E-state index in [1.54, 1.807) is 0 Å². The summed E-state index contributed by atoms with van der Waals surface area (Å²) in [5.74, 6) is 0. The summed E-state index contributed by atoms with van der Waals surface area (Å²) in [7, 11) is -1.85. The molecule has 254 valence electrons. The SMILES string of the molecule is c1ccc(P(c2ccccc2)c2cccc3c2c2ccccc2n2c4ccc(P(c5ccncc5)n5c6ccccc6c6ccccc65)cc4nc32)cc1. The Hall–Kier alpha value is -6.18. The number of rotatable bonds is 6. The van der Waals surface area contributed by atoms with Gasteiger partial charge in [-0.05, 0) is 66.3 Å². The molecule has 0 N–H and O–H groups in total. The summed E-state index contributed by atoms with van der Waals surface area (Å²) in [6.07, 6.45) is 3.83. The molecule has 54 heavy (non-hydrogen) atoms. The molecule has 1 unspecified atom stereocenters. The van der Waals surface area contributed by atoms with E-state index in [4.69, 9.17) is 4.98 Å². The summed E-state index contributed by atoms with van der Waals surface area (Å²) in [6.45, 7) is 0. The summed E-state index contributed by atoms with van der Waals surface area (Å²) in [4.78, 5) is 9.95. The van der Waals surface area contributed by atoms with Crippen molar-refractivity contribution < 1.29 is 0 Å². The zero-order valence-electron chi connectivity index (χ0n) is 29.2. The van der Waals surface area contributed by atoms with Crippen LogP contribution >= 0.6 is 16.0 Å². The van der Waals surface area contributed by atoms with Gasteiger partial charge in [-0.2, -0.15) is 0 Å². The molecule has 0 saturated heterocycles.